The van der Waals surface area contributed by atoms with Gasteiger partial charge in [0.05, 0.1) is 5.56 Å². The van der Waals surface area contributed by atoms with Crippen LogP contribution in [0.25, 0.3) is 17.0 Å². The van der Waals surface area contributed by atoms with Crippen LogP contribution in [0.2, 0.25) is 10.2 Å². The van der Waals surface area contributed by atoms with Crippen LogP contribution in [0.1, 0.15) is 5.82 Å². The van der Waals surface area contributed by atoms with Crippen molar-refractivity contribution in [2.45, 2.75) is 6.92 Å². The molecule has 0 radical (unpaired) electrons. The number of nitrogens with zero attached hydrogens (tertiary/aromatic N) is 4. The molecule has 0 saturated heterocycles. The van der Waals surface area contributed by atoms with Crippen LogP contribution in [-0.2, 0) is 0 Å². The van der Waals surface area contributed by atoms with E-state index in [0.717, 1.165) is 0 Å². The molecule has 96 valence electrons. The third kappa shape index (κ3) is 2.05. The molecule has 3 aromatic rings. The van der Waals surface area contributed by atoms with Gasteiger partial charge in [-0.3, -0.25) is 4.40 Å². The zero-order chi connectivity index (χ0) is 13.6. The van der Waals surface area contributed by atoms with Crippen LogP contribution >= 0.6 is 23.2 Å². The summed E-state index contributed by atoms with van der Waals surface area (Å²) < 4.78 is 15.5. The third-order valence-corrected chi connectivity index (χ3v) is 3.13. The van der Waals surface area contributed by atoms with Gasteiger partial charge in [0.25, 0.3) is 0 Å². The first-order chi connectivity index (χ1) is 9.06. The molecule has 4 nitrogen and oxygen atoms in total. The highest BCUT2D eigenvalue weighted by Crippen LogP contribution is 2.26. The quantitative estimate of drug-likeness (QED) is 0.645. The van der Waals surface area contributed by atoms with Gasteiger partial charge in [-0.05, 0) is 25.1 Å². The Morgan fingerprint density at radius 1 is 1.16 bits per heavy atom. The van der Waals surface area contributed by atoms with E-state index in [2.05, 4.69) is 15.2 Å². The van der Waals surface area contributed by atoms with Gasteiger partial charge in [0.1, 0.15) is 16.8 Å². The Balaban J connectivity index is 2.34. The van der Waals surface area contributed by atoms with Crippen molar-refractivity contribution in [1.29, 1.82) is 0 Å². The molecule has 2 heterocycles. The van der Waals surface area contributed by atoms with Gasteiger partial charge in [-0.25, -0.2) is 9.37 Å². The van der Waals surface area contributed by atoms with Crippen molar-refractivity contribution in [2.75, 3.05) is 0 Å². The number of fused-ring (bicyclic) bond motifs is 1. The Labute approximate surface area is 117 Å². The minimum absolute atomic E-state index is 0.271. The second-order valence-electron chi connectivity index (χ2n) is 3.97. The SMILES string of the molecule is Cc1nc(Cl)cc2nnc(-c3cc(Cl)ccc3F)n12. The summed E-state index contributed by atoms with van der Waals surface area (Å²) >= 11 is 11.7. The van der Waals surface area contributed by atoms with E-state index in [4.69, 9.17) is 23.2 Å². The van der Waals surface area contributed by atoms with Crippen molar-refractivity contribution in [3.05, 3.63) is 46.1 Å². The van der Waals surface area contributed by atoms with Gasteiger partial charge >= 0.3 is 0 Å². The lowest BCUT2D eigenvalue weighted by Gasteiger charge is -2.05. The average molecular weight is 297 g/mol. The molecule has 0 saturated carbocycles. The van der Waals surface area contributed by atoms with Gasteiger partial charge in [0.15, 0.2) is 11.5 Å². The number of aryl methyl sites for hydroxylation is 1. The van der Waals surface area contributed by atoms with Crippen molar-refractivity contribution >= 4 is 28.8 Å². The predicted molar refractivity (Wildman–Crippen MR) is 70.9 cm³/mol. The number of hydrogen-bond acceptors (Lipinski definition) is 3. The van der Waals surface area contributed by atoms with Crippen LogP contribution in [0.4, 0.5) is 4.39 Å². The molecule has 0 N–H and O–H groups in total. The fraction of sp³-hybridized carbons (Fsp3) is 0.0833. The molecule has 0 unspecified atom stereocenters. The molecule has 1 aromatic carbocycles. The van der Waals surface area contributed by atoms with Crippen LogP contribution in [0.15, 0.2) is 24.3 Å². The number of hydrogen-bond donors (Lipinski definition) is 0. The van der Waals surface area contributed by atoms with Crippen molar-refractivity contribution in [1.82, 2.24) is 19.6 Å². The van der Waals surface area contributed by atoms with Crippen molar-refractivity contribution in [3.8, 4) is 11.4 Å². The molecule has 0 spiro atoms. The Hall–Kier alpha value is -1.72. The van der Waals surface area contributed by atoms with E-state index in [9.17, 15) is 4.39 Å². The highest BCUT2D eigenvalue weighted by atomic mass is 35.5. The lowest BCUT2D eigenvalue weighted by atomic mass is 10.2. The normalized spacial score (nSPS) is 11.2. The smallest absolute Gasteiger partial charge is 0.172 e. The van der Waals surface area contributed by atoms with E-state index < -0.39 is 5.82 Å². The van der Waals surface area contributed by atoms with E-state index in [-0.39, 0.29) is 5.56 Å². The zero-order valence-corrected chi connectivity index (χ0v) is 11.2. The van der Waals surface area contributed by atoms with Gasteiger partial charge in [-0.1, -0.05) is 23.2 Å². The molecule has 0 aliphatic heterocycles. The summed E-state index contributed by atoms with van der Waals surface area (Å²) in [5, 5.41) is 8.69. The van der Waals surface area contributed by atoms with E-state index in [1.165, 1.54) is 18.2 Å². The molecule has 2 aromatic heterocycles. The maximum atomic E-state index is 13.9. The number of rotatable bonds is 1. The Morgan fingerprint density at radius 3 is 2.74 bits per heavy atom. The summed E-state index contributed by atoms with van der Waals surface area (Å²) in [6, 6.07) is 5.83. The summed E-state index contributed by atoms with van der Waals surface area (Å²) in [4.78, 5) is 4.11. The molecule has 0 atom stereocenters. The molecular formula is C12H7Cl2FN4. The summed E-state index contributed by atoms with van der Waals surface area (Å²) in [7, 11) is 0. The Morgan fingerprint density at radius 2 is 1.95 bits per heavy atom. The molecule has 3 rings (SSSR count). The monoisotopic (exact) mass is 296 g/mol. The minimum atomic E-state index is -0.423. The topological polar surface area (TPSA) is 43.1 Å². The minimum Gasteiger partial charge on any atom is -0.263 e. The van der Waals surface area contributed by atoms with E-state index >= 15 is 0 Å². The summed E-state index contributed by atoms with van der Waals surface area (Å²) in [6.07, 6.45) is 0. The van der Waals surface area contributed by atoms with Gasteiger partial charge < -0.3 is 0 Å². The standard InChI is InChI=1S/C12H7Cl2FN4/c1-6-16-10(14)5-11-17-18-12(19(6)11)8-4-7(13)2-3-9(8)15/h2-5H,1H3. The Kier molecular flexibility index (Phi) is 2.88. The van der Waals surface area contributed by atoms with Crippen LogP contribution in [-0.4, -0.2) is 19.6 Å². The molecule has 19 heavy (non-hydrogen) atoms. The first-order valence-corrected chi connectivity index (χ1v) is 6.15. The van der Waals surface area contributed by atoms with E-state index in [1.807, 2.05) is 0 Å². The van der Waals surface area contributed by atoms with Gasteiger partial charge in [-0.2, -0.15) is 0 Å². The lowest BCUT2D eigenvalue weighted by Crippen LogP contribution is -1.99. The molecule has 0 bridgehead atoms. The first kappa shape index (κ1) is 12.3. The number of aromatic nitrogens is 4. The van der Waals surface area contributed by atoms with Gasteiger partial charge in [0.2, 0.25) is 0 Å². The van der Waals surface area contributed by atoms with Crippen LogP contribution in [0.5, 0.6) is 0 Å². The molecular weight excluding hydrogens is 290 g/mol. The summed E-state index contributed by atoms with van der Waals surface area (Å²) in [5.74, 6) is 0.492. The first-order valence-electron chi connectivity index (χ1n) is 5.40. The van der Waals surface area contributed by atoms with Crippen LogP contribution < -0.4 is 0 Å². The molecule has 0 amide bonds. The van der Waals surface area contributed by atoms with Crippen LogP contribution in [0.3, 0.4) is 0 Å². The van der Waals surface area contributed by atoms with E-state index in [1.54, 1.807) is 17.4 Å². The predicted octanol–water partition coefficient (Wildman–Crippen LogP) is 3.55. The molecule has 0 fully saturated rings. The highest BCUT2D eigenvalue weighted by molar-refractivity contribution is 6.30. The number of halogens is 3. The second kappa shape index (κ2) is 4.43. The molecule has 7 heteroatoms. The fourth-order valence-corrected chi connectivity index (χ4v) is 2.29. The third-order valence-electron chi connectivity index (χ3n) is 2.70. The van der Waals surface area contributed by atoms with Crippen molar-refractivity contribution in [3.63, 3.8) is 0 Å². The van der Waals surface area contributed by atoms with E-state index in [0.29, 0.717) is 27.5 Å². The maximum Gasteiger partial charge on any atom is 0.172 e. The lowest BCUT2D eigenvalue weighted by molar-refractivity contribution is 0.629. The molecule has 0 aliphatic rings. The van der Waals surface area contributed by atoms with Crippen LogP contribution in [0, 0.1) is 12.7 Å². The largest absolute Gasteiger partial charge is 0.263 e. The fourth-order valence-electron chi connectivity index (χ4n) is 1.90. The average Bonchev–Trinajstić information content (AvgIpc) is 2.76. The summed E-state index contributed by atoms with van der Waals surface area (Å²) in [5.41, 5.74) is 0.777. The van der Waals surface area contributed by atoms with Gasteiger partial charge in [-0.15, -0.1) is 10.2 Å². The zero-order valence-electron chi connectivity index (χ0n) is 9.73. The highest BCUT2D eigenvalue weighted by Gasteiger charge is 2.15. The second-order valence-corrected chi connectivity index (χ2v) is 4.79. The van der Waals surface area contributed by atoms with Gasteiger partial charge in [0, 0.05) is 11.1 Å². The Bertz CT molecular complexity index is 785. The molecule has 0 aliphatic carbocycles. The maximum absolute atomic E-state index is 13.9. The van der Waals surface area contributed by atoms with Crippen molar-refractivity contribution in [2.24, 2.45) is 0 Å². The number of benzene rings is 1. The summed E-state index contributed by atoms with van der Waals surface area (Å²) in [6.45, 7) is 1.74. The van der Waals surface area contributed by atoms with Crippen molar-refractivity contribution < 1.29 is 4.39 Å².